The van der Waals surface area contributed by atoms with Gasteiger partial charge in [-0.15, -0.1) is 0 Å². The highest BCUT2D eigenvalue weighted by molar-refractivity contribution is 5.87. The van der Waals surface area contributed by atoms with E-state index in [0.717, 1.165) is 25.8 Å². The van der Waals surface area contributed by atoms with Crippen LogP contribution in [0.15, 0.2) is 0 Å². The van der Waals surface area contributed by atoms with Gasteiger partial charge in [-0.3, -0.25) is 4.79 Å². The van der Waals surface area contributed by atoms with Crippen LogP contribution in [0.2, 0.25) is 0 Å². The second kappa shape index (κ2) is 6.48. The van der Waals surface area contributed by atoms with Crippen LogP contribution in [0.25, 0.3) is 0 Å². The van der Waals surface area contributed by atoms with Crippen LogP contribution >= 0.6 is 0 Å². The van der Waals surface area contributed by atoms with Gasteiger partial charge in [0.2, 0.25) is 5.91 Å². The molecule has 0 spiro atoms. The van der Waals surface area contributed by atoms with Crippen LogP contribution in [0, 0.1) is 16.7 Å². The molecule has 3 amide bonds. The lowest BCUT2D eigenvalue weighted by molar-refractivity contribution is -0.136. The van der Waals surface area contributed by atoms with Crippen molar-refractivity contribution in [2.75, 3.05) is 6.54 Å². The van der Waals surface area contributed by atoms with Crippen molar-refractivity contribution < 1.29 is 9.59 Å². The third-order valence-electron chi connectivity index (χ3n) is 7.90. The Hall–Kier alpha value is -1.26. The summed E-state index contributed by atoms with van der Waals surface area (Å²) in [4.78, 5) is 27.1. The number of carbonyl (C=O) groups excluding carboxylic acids is 2. The van der Waals surface area contributed by atoms with E-state index in [-0.39, 0.29) is 34.9 Å². The summed E-state index contributed by atoms with van der Waals surface area (Å²) in [5, 5.41) is 6.07. The van der Waals surface area contributed by atoms with Crippen molar-refractivity contribution in [1.82, 2.24) is 15.5 Å². The second-order valence-corrected chi connectivity index (χ2v) is 9.38. The Morgan fingerprint density at radius 2 is 1.88 bits per heavy atom. The van der Waals surface area contributed by atoms with Gasteiger partial charge in [-0.05, 0) is 69.1 Å². The van der Waals surface area contributed by atoms with Gasteiger partial charge in [-0.1, -0.05) is 20.8 Å². The number of piperidine rings is 1. The number of nitrogens with zero attached hydrogens (tertiary/aromatic N) is 1. The molecule has 3 fully saturated rings. The SMILES string of the molecule is C[C@H](NC(=O)N[C@H]1C[C@H]2CC[C@@]1(C)C2(C)C)C(=O)N1CCCC[C@H]1C. The molecule has 3 aliphatic rings. The number of fused-ring (bicyclic) bond motifs is 2. The summed E-state index contributed by atoms with van der Waals surface area (Å²) in [6.45, 7) is 11.7. The number of urea groups is 1. The van der Waals surface area contributed by atoms with Gasteiger partial charge in [-0.25, -0.2) is 4.79 Å². The minimum absolute atomic E-state index is 0.0434. The maximum atomic E-state index is 12.7. The summed E-state index contributed by atoms with van der Waals surface area (Å²) in [7, 11) is 0. The molecule has 2 N–H and O–H groups in total. The van der Waals surface area contributed by atoms with Crippen molar-refractivity contribution in [3.63, 3.8) is 0 Å². The molecule has 0 radical (unpaired) electrons. The third kappa shape index (κ3) is 3.04. The molecule has 0 unspecified atom stereocenters. The normalized spacial score (nSPS) is 37.6. The van der Waals surface area contributed by atoms with E-state index >= 15 is 0 Å². The summed E-state index contributed by atoms with van der Waals surface area (Å²) in [6, 6.07) is -0.184. The van der Waals surface area contributed by atoms with Gasteiger partial charge in [0, 0.05) is 18.6 Å². The lowest BCUT2D eigenvalue weighted by atomic mass is 9.69. The molecule has 0 aromatic carbocycles. The van der Waals surface area contributed by atoms with Crippen molar-refractivity contribution in [3.05, 3.63) is 0 Å². The van der Waals surface area contributed by atoms with E-state index in [1.54, 1.807) is 6.92 Å². The molecule has 5 heteroatoms. The molecular weight excluding hydrogens is 314 g/mol. The fraction of sp³-hybridized carbons (Fsp3) is 0.900. The van der Waals surface area contributed by atoms with Crippen LogP contribution in [0.5, 0.6) is 0 Å². The molecule has 2 bridgehead atoms. The molecule has 2 aliphatic carbocycles. The Bertz CT molecular complexity index is 547. The van der Waals surface area contributed by atoms with Crippen LogP contribution in [-0.2, 0) is 4.79 Å². The Morgan fingerprint density at radius 3 is 2.44 bits per heavy atom. The number of likely N-dealkylation sites (tertiary alicyclic amines) is 1. The van der Waals surface area contributed by atoms with Crippen LogP contribution < -0.4 is 10.6 Å². The Morgan fingerprint density at radius 1 is 1.16 bits per heavy atom. The van der Waals surface area contributed by atoms with E-state index in [1.165, 1.54) is 19.3 Å². The van der Waals surface area contributed by atoms with Crippen molar-refractivity contribution in [2.45, 2.75) is 91.3 Å². The quantitative estimate of drug-likeness (QED) is 0.821. The number of amides is 3. The summed E-state index contributed by atoms with van der Waals surface area (Å²) in [5.74, 6) is 0.734. The Labute approximate surface area is 152 Å². The van der Waals surface area contributed by atoms with Crippen LogP contribution in [0.3, 0.4) is 0 Å². The molecule has 2 saturated carbocycles. The maximum Gasteiger partial charge on any atom is 0.315 e. The van der Waals surface area contributed by atoms with Gasteiger partial charge < -0.3 is 15.5 Å². The van der Waals surface area contributed by atoms with Crippen LogP contribution in [0.1, 0.15) is 73.1 Å². The van der Waals surface area contributed by atoms with Crippen LogP contribution in [-0.4, -0.2) is 41.5 Å². The van der Waals surface area contributed by atoms with Gasteiger partial charge in [0.1, 0.15) is 6.04 Å². The smallest absolute Gasteiger partial charge is 0.315 e. The first-order valence-electron chi connectivity index (χ1n) is 10.0. The molecule has 1 saturated heterocycles. The number of rotatable bonds is 3. The molecule has 3 rings (SSSR count). The minimum atomic E-state index is -0.472. The van der Waals surface area contributed by atoms with Gasteiger partial charge in [0.25, 0.3) is 0 Å². The van der Waals surface area contributed by atoms with Gasteiger partial charge in [0.15, 0.2) is 0 Å². The van der Waals surface area contributed by atoms with E-state index in [4.69, 9.17) is 0 Å². The molecule has 5 atom stereocenters. The predicted molar refractivity (Wildman–Crippen MR) is 99.2 cm³/mol. The monoisotopic (exact) mass is 349 g/mol. The number of hydrogen-bond donors (Lipinski definition) is 2. The van der Waals surface area contributed by atoms with Crippen molar-refractivity contribution in [3.8, 4) is 0 Å². The van der Waals surface area contributed by atoms with Crippen molar-refractivity contribution >= 4 is 11.9 Å². The standard InChI is InChI=1S/C20H35N3O2/c1-13-8-6-7-11-23(13)17(24)14(2)21-18(25)22-16-12-15-9-10-20(16,5)19(15,3)4/h13-16H,6-12H2,1-5H3,(H2,21,22,25)/t13-,14+,15-,16+,20-/m1/s1. The summed E-state index contributed by atoms with van der Waals surface area (Å²) in [6.07, 6.45) is 6.81. The average Bonchev–Trinajstić information content (AvgIpc) is 2.88. The summed E-state index contributed by atoms with van der Waals surface area (Å²) < 4.78 is 0. The van der Waals surface area contributed by atoms with Gasteiger partial charge in [0.05, 0.1) is 0 Å². The van der Waals surface area contributed by atoms with E-state index in [9.17, 15) is 9.59 Å². The molecule has 5 nitrogen and oxygen atoms in total. The van der Waals surface area contributed by atoms with Crippen molar-refractivity contribution in [2.24, 2.45) is 16.7 Å². The lowest BCUT2D eigenvalue weighted by Crippen LogP contribution is -2.56. The maximum absolute atomic E-state index is 12.7. The highest BCUT2D eigenvalue weighted by atomic mass is 16.2. The Balaban J connectivity index is 1.55. The fourth-order valence-corrected chi connectivity index (χ4v) is 5.55. The molecule has 1 aliphatic heterocycles. The van der Waals surface area contributed by atoms with E-state index in [2.05, 4.69) is 38.3 Å². The van der Waals surface area contributed by atoms with Gasteiger partial charge in [-0.2, -0.15) is 0 Å². The van der Waals surface area contributed by atoms with E-state index in [0.29, 0.717) is 5.92 Å². The highest BCUT2D eigenvalue weighted by Gasteiger charge is 2.61. The zero-order valence-electron chi connectivity index (χ0n) is 16.5. The largest absolute Gasteiger partial charge is 0.338 e. The Kier molecular flexibility index (Phi) is 4.80. The topological polar surface area (TPSA) is 61.4 Å². The highest BCUT2D eigenvalue weighted by Crippen LogP contribution is 2.65. The third-order valence-corrected chi connectivity index (χ3v) is 7.90. The first-order chi connectivity index (χ1) is 11.7. The predicted octanol–water partition coefficient (Wildman–Crippen LogP) is 3.29. The minimum Gasteiger partial charge on any atom is -0.338 e. The lowest BCUT2D eigenvalue weighted by Gasteiger charge is -2.39. The fourth-order valence-electron chi connectivity index (χ4n) is 5.55. The molecule has 0 aromatic heterocycles. The molecule has 142 valence electrons. The first kappa shape index (κ1) is 18.5. The second-order valence-electron chi connectivity index (χ2n) is 9.38. The van der Waals surface area contributed by atoms with Crippen LogP contribution in [0.4, 0.5) is 4.79 Å². The van der Waals surface area contributed by atoms with Crippen molar-refractivity contribution in [1.29, 1.82) is 0 Å². The molecule has 0 aromatic rings. The van der Waals surface area contributed by atoms with E-state index < -0.39 is 6.04 Å². The number of hydrogen-bond acceptors (Lipinski definition) is 2. The zero-order valence-corrected chi connectivity index (χ0v) is 16.5. The van der Waals surface area contributed by atoms with Gasteiger partial charge >= 0.3 is 6.03 Å². The summed E-state index contributed by atoms with van der Waals surface area (Å²) >= 11 is 0. The molecular formula is C20H35N3O2. The zero-order chi connectivity index (χ0) is 18.4. The average molecular weight is 350 g/mol. The number of nitrogens with one attached hydrogen (secondary N) is 2. The van der Waals surface area contributed by atoms with E-state index in [1.807, 2.05) is 4.90 Å². The summed E-state index contributed by atoms with van der Waals surface area (Å²) in [5.41, 5.74) is 0.430. The molecule has 1 heterocycles. The number of carbonyl (C=O) groups is 2. The molecule has 25 heavy (non-hydrogen) atoms. The first-order valence-corrected chi connectivity index (χ1v) is 10.0.